The summed E-state index contributed by atoms with van der Waals surface area (Å²) in [5, 5.41) is 15.4. The standard InChI is InChI=1S/C24H33IN4O4S/c1-3-17-34(32,33)29-14-10-24(11-15-29,19-7-5-4-6-8-19)18(2)28-23(31)21-20(25)9-12-26-22(21)27-13-16-30/h4-9,12,18,30H,3,10-11,13-17H2,1-2H3,(H,26,27)(H,28,31)/t18-/m0/s1. The van der Waals surface area contributed by atoms with E-state index in [1.165, 1.54) is 0 Å². The molecule has 1 aromatic carbocycles. The van der Waals surface area contributed by atoms with E-state index in [0.29, 0.717) is 50.3 Å². The maximum absolute atomic E-state index is 13.4. The van der Waals surface area contributed by atoms with Crippen molar-refractivity contribution >= 4 is 44.3 Å². The summed E-state index contributed by atoms with van der Waals surface area (Å²) in [4.78, 5) is 17.7. The van der Waals surface area contributed by atoms with Crippen LogP contribution in [0, 0.1) is 3.57 Å². The van der Waals surface area contributed by atoms with Crippen LogP contribution in [0.1, 0.15) is 49.0 Å². The van der Waals surface area contributed by atoms with Crippen molar-refractivity contribution < 1.29 is 18.3 Å². The number of aromatic nitrogens is 1. The number of piperidine rings is 1. The number of nitrogens with zero attached hydrogens (tertiary/aromatic N) is 2. The number of benzene rings is 1. The molecule has 1 aromatic heterocycles. The van der Waals surface area contributed by atoms with Crippen molar-refractivity contribution in [3.05, 3.63) is 57.3 Å². The van der Waals surface area contributed by atoms with Crippen LogP contribution in [-0.2, 0) is 15.4 Å². The smallest absolute Gasteiger partial charge is 0.256 e. The summed E-state index contributed by atoms with van der Waals surface area (Å²) >= 11 is 2.11. The first kappa shape index (κ1) is 26.8. The Morgan fingerprint density at radius 1 is 1.24 bits per heavy atom. The van der Waals surface area contributed by atoms with Gasteiger partial charge in [0.05, 0.1) is 17.9 Å². The topological polar surface area (TPSA) is 112 Å². The zero-order valence-corrected chi connectivity index (χ0v) is 22.6. The van der Waals surface area contributed by atoms with Crippen molar-refractivity contribution in [1.29, 1.82) is 0 Å². The highest BCUT2D eigenvalue weighted by Crippen LogP contribution is 2.39. The molecule has 2 heterocycles. The van der Waals surface area contributed by atoms with E-state index < -0.39 is 15.4 Å². The van der Waals surface area contributed by atoms with Crippen molar-refractivity contribution in [3.8, 4) is 0 Å². The number of halogens is 1. The summed E-state index contributed by atoms with van der Waals surface area (Å²) in [6, 6.07) is 11.5. The van der Waals surface area contributed by atoms with Crippen LogP contribution in [0.25, 0.3) is 0 Å². The highest BCUT2D eigenvalue weighted by atomic mass is 127. The average Bonchev–Trinajstić information content (AvgIpc) is 2.83. The highest BCUT2D eigenvalue weighted by Gasteiger charge is 2.43. The summed E-state index contributed by atoms with van der Waals surface area (Å²) < 4.78 is 27.6. The third kappa shape index (κ3) is 5.89. The van der Waals surface area contributed by atoms with Crippen LogP contribution in [0.2, 0.25) is 0 Å². The van der Waals surface area contributed by atoms with Crippen molar-refractivity contribution in [2.75, 3.05) is 37.3 Å². The second-order valence-electron chi connectivity index (χ2n) is 8.60. The van der Waals surface area contributed by atoms with Crippen molar-refractivity contribution in [2.24, 2.45) is 0 Å². The number of amides is 1. The van der Waals surface area contributed by atoms with E-state index in [-0.39, 0.29) is 24.3 Å². The molecule has 1 fully saturated rings. The van der Waals surface area contributed by atoms with Gasteiger partial charge in [0.1, 0.15) is 5.82 Å². The van der Waals surface area contributed by atoms with Gasteiger partial charge in [-0.1, -0.05) is 37.3 Å². The SMILES string of the molecule is CCCS(=O)(=O)N1CCC(c2ccccc2)([C@H](C)NC(=O)c2c(I)ccnc2NCCO)CC1. The average molecular weight is 601 g/mol. The molecule has 3 rings (SSSR count). The zero-order chi connectivity index (χ0) is 24.8. The van der Waals surface area contributed by atoms with Gasteiger partial charge in [0, 0.05) is 40.9 Å². The number of carbonyl (C=O) groups is 1. The molecule has 2 aromatic rings. The Kier molecular flexibility index (Phi) is 9.30. The first-order chi connectivity index (χ1) is 16.2. The molecule has 0 unspecified atom stereocenters. The minimum absolute atomic E-state index is 0.0703. The lowest BCUT2D eigenvalue weighted by molar-refractivity contribution is 0.0895. The molecule has 3 N–H and O–H groups in total. The fourth-order valence-electron chi connectivity index (χ4n) is 4.66. The Morgan fingerprint density at radius 3 is 2.53 bits per heavy atom. The van der Waals surface area contributed by atoms with Gasteiger partial charge in [-0.3, -0.25) is 4.79 Å². The molecule has 1 aliphatic rings. The quantitative estimate of drug-likeness (QED) is 0.362. The van der Waals surface area contributed by atoms with Crippen LogP contribution in [0.3, 0.4) is 0 Å². The molecule has 186 valence electrons. The number of pyridine rings is 1. The van der Waals surface area contributed by atoms with E-state index in [1.807, 2.05) is 32.0 Å². The molecular formula is C24H33IN4O4S. The third-order valence-corrected chi connectivity index (χ3v) is 9.50. The molecule has 1 atom stereocenters. The molecule has 0 bridgehead atoms. The van der Waals surface area contributed by atoms with E-state index in [9.17, 15) is 18.3 Å². The molecule has 0 aliphatic carbocycles. The Hall–Kier alpha value is -1.76. The van der Waals surface area contributed by atoms with E-state index in [0.717, 1.165) is 9.13 Å². The zero-order valence-electron chi connectivity index (χ0n) is 19.6. The normalized spacial score (nSPS) is 17.2. The van der Waals surface area contributed by atoms with Crippen LogP contribution < -0.4 is 10.6 Å². The van der Waals surface area contributed by atoms with E-state index in [1.54, 1.807) is 16.6 Å². The molecule has 0 spiro atoms. The molecule has 8 nitrogen and oxygen atoms in total. The first-order valence-corrected chi connectivity index (χ1v) is 14.3. The van der Waals surface area contributed by atoms with Gasteiger partial charge in [-0.05, 0) is 60.4 Å². The fraction of sp³-hybridized carbons (Fsp3) is 0.500. The van der Waals surface area contributed by atoms with E-state index in [4.69, 9.17) is 0 Å². The molecule has 1 amide bonds. The van der Waals surface area contributed by atoms with E-state index >= 15 is 0 Å². The lowest BCUT2D eigenvalue weighted by Gasteiger charge is -2.45. The molecule has 34 heavy (non-hydrogen) atoms. The predicted octanol–water partition coefficient (Wildman–Crippen LogP) is 2.98. The van der Waals surface area contributed by atoms with Gasteiger partial charge in [-0.2, -0.15) is 0 Å². The number of hydrogen-bond acceptors (Lipinski definition) is 6. The molecular weight excluding hydrogens is 567 g/mol. The molecule has 10 heteroatoms. The highest BCUT2D eigenvalue weighted by molar-refractivity contribution is 14.1. The van der Waals surface area contributed by atoms with Gasteiger partial charge in [0.2, 0.25) is 10.0 Å². The van der Waals surface area contributed by atoms with Gasteiger partial charge in [0.15, 0.2) is 0 Å². The summed E-state index contributed by atoms with van der Waals surface area (Å²) in [5.41, 5.74) is 1.13. The Morgan fingerprint density at radius 2 is 1.91 bits per heavy atom. The molecule has 0 saturated carbocycles. The van der Waals surface area contributed by atoms with Crippen LogP contribution in [0.5, 0.6) is 0 Å². The molecule has 1 aliphatic heterocycles. The Bertz CT molecular complexity index is 1070. The van der Waals surface area contributed by atoms with Crippen LogP contribution >= 0.6 is 22.6 Å². The van der Waals surface area contributed by atoms with Crippen molar-refractivity contribution in [3.63, 3.8) is 0 Å². The Balaban J connectivity index is 1.88. The molecule has 0 radical (unpaired) electrons. The van der Waals surface area contributed by atoms with Gasteiger partial charge < -0.3 is 15.7 Å². The second kappa shape index (κ2) is 11.8. The lowest BCUT2D eigenvalue weighted by Crippen LogP contribution is -2.55. The van der Waals surface area contributed by atoms with Crippen molar-refractivity contribution in [2.45, 2.75) is 44.6 Å². The first-order valence-electron chi connectivity index (χ1n) is 11.6. The number of aliphatic hydroxyl groups is 1. The maximum Gasteiger partial charge on any atom is 0.256 e. The van der Waals surface area contributed by atoms with Gasteiger partial charge in [-0.25, -0.2) is 17.7 Å². The minimum Gasteiger partial charge on any atom is -0.395 e. The van der Waals surface area contributed by atoms with E-state index in [2.05, 4.69) is 50.3 Å². The summed E-state index contributed by atoms with van der Waals surface area (Å²) in [5.74, 6) is 0.336. The van der Waals surface area contributed by atoms with Crippen LogP contribution in [0.4, 0.5) is 5.82 Å². The number of nitrogens with one attached hydrogen (secondary N) is 2. The van der Waals surface area contributed by atoms with Crippen molar-refractivity contribution in [1.82, 2.24) is 14.6 Å². The second-order valence-corrected chi connectivity index (χ2v) is 11.8. The predicted molar refractivity (Wildman–Crippen MR) is 142 cm³/mol. The largest absolute Gasteiger partial charge is 0.395 e. The maximum atomic E-state index is 13.4. The number of anilines is 1. The fourth-order valence-corrected chi connectivity index (χ4v) is 6.84. The number of hydrogen-bond donors (Lipinski definition) is 3. The number of aliphatic hydroxyl groups excluding tert-OH is 1. The van der Waals surface area contributed by atoms with Gasteiger partial charge in [-0.15, -0.1) is 0 Å². The van der Waals surface area contributed by atoms with Gasteiger partial charge >= 0.3 is 0 Å². The summed E-state index contributed by atoms with van der Waals surface area (Å²) in [7, 11) is -3.27. The monoisotopic (exact) mass is 600 g/mol. The number of sulfonamides is 1. The summed E-state index contributed by atoms with van der Waals surface area (Å²) in [6.07, 6.45) is 3.44. The van der Waals surface area contributed by atoms with Gasteiger partial charge in [0.25, 0.3) is 5.91 Å². The van der Waals surface area contributed by atoms with Crippen LogP contribution in [-0.4, -0.2) is 66.8 Å². The summed E-state index contributed by atoms with van der Waals surface area (Å²) in [6.45, 7) is 4.93. The lowest BCUT2D eigenvalue weighted by atomic mass is 9.68. The van der Waals surface area contributed by atoms with Crippen LogP contribution in [0.15, 0.2) is 42.6 Å². The Labute approximate surface area is 215 Å². The number of rotatable bonds is 10. The third-order valence-electron chi connectivity index (χ3n) is 6.53. The minimum atomic E-state index is -3.27. The molecule has 1 saturated heterocycles. The number of carbonyl (C=O) groups excluding carboxylic acids is 1.